The van der Waals surface area contributed by atoms with Crippen LogP contribution in [0, 0.1) is 5.41 Å². The molecule has 0 bridgehead atoms. The van der Waals surface area contributed by atoms with E-state index in [1.807, 2.05) is 0 Å². The maximum absolute atomic E-state index is 11.4. The number of thiol groups is 1. The van der Waals surface area contributed by atoms with E-state index in [4.69, 9.17) is 5.11 Å². The largest absolute Gasteiger partial charge is 0.480 e. The van der Waals surface area contributed by atoms with Crippen molar-refractivity contribution >= 4 is 30.3 Å². The highest BCUT2D eigenvalue weighted by Crippen LogP contribution is 2.26. The number of ketones is 1. The fraction of sp³-hybridized carbons (Fsp3) is 0.667. The summed E-state index contributed by atoms with van der Waals surface area (Å²) in [5, 5.41) is 9.67. The van der Waals surface area contributed by atoms with Gasteiger partial charge in [-0.1, -0.05) is 13.8 Å². The van der Waals surface area contributed by atoms with Crippen LogP contribution in [0.4, 0.5) is 0 Å². The molecule has 15 heavy (non-hydrogen) atoms. The van der Waals surface area contributed by atoms with E-state index < -0.39 is 29.1 Å². The smallest absolute Gasteiger partial charge is 0.322 e. The summed E-state index contributed by atoms with van der Waals surface area (Å²) in [6, 6.07) is 0. The number of carbonyl (C=O) groups is 3. The van der Waals surface area contributed by atoms with Crippen molar-refractivity contribution in [2.75, 3.05) is 6.54 Å². The van der Waals surface area contributed by atoms with Gasteiger partial charge in [-0.2, -0.15) is 12.6 Å². The van der Waals surface area contributed by atoms with Crippen LogP contribution in [-0.2, 0) is 14.4 Å². The molecule has 1 atom stereocenters. The Morgan fingerprint density at radius 2 is 1.87 bits per heavy atom. The lowest BCUT2D eigenvalue weighted by Gasteiger charge is -2.26. The topological polar surface area (TPSA) is 83.5 Å². The van der Waals surface area contributed by atoms with E-state index in [2.05, 4.69) is 17.9 Å². The molecule has 0 aliphatic carbocycles. The molecule has 5 nitrogen and oxygen atoms in total. The second-order valence-corrected chi connectivity index (χ2v) is 4.31. The van der Waals surface area contributed by atoms with Crippen LogP contribution in [0.5, 0.6) is 0 Å². The predicted octanol–water partition coefficient (Wildman–Crippen LogP) is 0.101. The van der Waals surface area contributed by atoms with Gasteiger partial charge in [0.15, 0.2) is 0 Å². The quantitative estimate of drug-likeness (QED) is 0.588. The lowest BCUT2D eigenvalue weighted by molar-refractivity contribution is -0.138. The molecule has 0 radical (unpaired) electrons. The number of Topliss-reactive ketones (excluding diaryl/α,β-unsaturated/α-hetero) is 1. The number of hydrogen-bond donors (Lipinski definition) is 3. The molecule has 0 rings (SSSR count). The second-order valence-electron chi connectivity index (χ2n) is 3.79. The van der Waals surface area contributed by atoms with Gasteiger partial charge in [-0.25, -0.2) is 0 Å². The van der Waals surface area contributed by atoms with Gasteiger partial charge in [0.1, 0.15) is 12.3 Å². The zero-order valence-corrected chi connectivity index (χ0v) is 9.80. The van der Waals surface area contributed by atoms with Gasteiger partial charge in [0.25, 0.3) is 0 Å². The van der Waals surface area contributed by atoms with E-state index in [1.165, 1.54) is 6.92 Å². The van der Waals surface area contributed by atoms with Gasteiger partial charge in [0.2, 0.25) is 5.91 Å². The summed E-state index contributed by atoms with van der Waals surface area (Å²) in [6.07, 6.45) is 0. The molecule has 86 valence electrons. The molecule has 0 fully saturated rings. The maximum atomic E-state index is 11.4. The standard InChI is InChI=1S/C9H15NO4S/c1-5(11)9(2,3)7(15)8(14)10-4-6(12)13/h7,15H,4H2,1-3H3,(H,10,14)(H,12,13). The zero-order valence-electron chi connectivity index (χ0n) is 8.90. The summed E-state index contributed by atoms with van der Waals surface area (Å²) in [5.41, 5.74) is -0.911. The molecule has 0 spiro atoms. The van der Waals surface area contributed by atoms with E-state index in [0.717, 1.165) is 0 Å². The monoisotopic (exact) mass is 233 g/mol. The number of carboxylic acids is 1. The lowest BCUT2D eigenvalue weighted by Crippen LogP contribution is -2.45. The molecule has 0 saturated heterocycles. The van der Waals surface area contributed by atoms with Crippen molar-refractivity contribution in [3.63, 3.8) is 0 Å². The first kappa shape index (κ1) is 14.0. The van der Waals surface area contributed by atoms with E-state index in [1.54, 1.807) is 13.8 Å². The number of carbonyl (C=O) groups excluding carboxylic acids is 2. The molecule has 1 unspecified atom stereocenters. The minimum absolute atomic E-state index is 0.173. The molecule has 0 aliphatic heterocycles. The van der Waals surface area contributed by atoms with Gasteiger partial charge in [-0.3, -0.25) is 14.4 Å². The van der Waals surface area contributed by atoms with Crippen LogP contribution in [0.25, 0.3) is 0 Å². The van der Waals surface area contributed by atoms with Crippen LogP contribution >= 0.6 is 12.6 Å². The Hall–Kier alpha value is -1.04. The van der Waals surface area contributed by atoms with Crippen LogP contribution in [0.2, 0.25) is 0 Å². The number of rotatable bonds is 5. The van der Waals surface area contributed by atoms with Crippen LogP contribution in [0.1, 0.15) is 20.8 Å². The molecular weight excluding hydrogens is 218 g/mol. The molecule has 0 aromatic rings. The first-order valence-corrected chi connectivity index (χ1v) is 4.90. The second kappa shape index (κ2) is 5.16. The van der Waals surface area contributed by atoms with Crippen LogP contribution in [0.15, 0.2) is 0 Å². The average molecular weight is 233 g/mol. The molecule has 2 N–H and O–H groups in total. The number of aliphatic carboxylic acids is 1. The summed E-state index contributed by atoms with van der Waals surface area (Å²) in [7, 11) is 0. The maximum Gasteiger partial charge on any atom is 0.322 e. The average Bonchev–Trinajstić information content (AvgIpc) is 2.12. The first-order chi connectivity index (χ1) is 6.69. The Labute approximate surface area is 93.6 Å². The summed E-state index contributed by atoms with van der Waals surface area (Å²) in [6.45, 7) is 4.08. The van der Waals surface area contributed by atoms with Crippen molar-refractivity contribution in [2.45, 2.75) is 26.0 Å². The predicted molar refractivity (Wildman–Crippen MR) is 57.9 cm³/mol. The highest BCUT2D eigenvalue weighted by Gasteiger charge is 2.36. The molecular formula is C9H15NO4S. The number of nitrogens with one attached hydrogen (secondary N) is 1. The SMILES string of the molecule is CC(=O)C(C)(C)C(S)C(=O)NCC(=O)O. The van der Waals surface area contributed by atoms with Crippen molar-refractivity contribution in [3.8, 4) is 0 Å². The minimum Gasteiger partial charge on any atom is -0.480 e. The fourth-order valence-electron chi connectivity index (χ4n) is 0.780. The third kappa shape index (κ3) is 3.91. The van der Waals surface area contributed by atoms with Gasteiger partial charge in [0, 0.05) is 5.41 Å². The summed E-state index contributed by atoms with van der Waals surface area (Å²) in [4.78, 5) is 32.8. The number of carboxylic acid groups (broad SMARTS) is 1. The van der Waals surface area contributed by atoms with Crippen LogP contribution in [-0.4, -0.2) is 34.6 Å². The molecule has 0 aromatic heterocycles. The van der Waals surface area contributed by atoms with E-state index >= 15 is 0 Å². The number of hydrogen-bond acceptors (Lipinski definition) is 4. The fourth-order valence-corrected chi connectivity index (χ4v) is 1.05. The van der Waals surface area contributed by atoms with Crippen LogP contribution < -0.4 is 5.32 Å². The highest BCUT2D eigenvalue weighted by molar-refractivity contribution is 7.81. The molecule has 0 aromatic carbocycles. The summed E-state index contributed by atoms with van der Waals surface area (Å²) < 4.78 is 0. The zero-order chi connectivity index (χ0) is 12.2. The van der Waals surface area contributed by atoms with E-state index in [-0.39, 0.29) is 5.78 Å². The lowest BCUT2D eigenvalue weighted by atomic mass is 9.84. The molecule has 6 heteroatoms. The van der Waals surface area contributed by atoms with Gasteiger partial charge in [-0.15, -0.1) is 0 Å². The minimum atomic E-state index is -1.13. The summed E-state index contributed by atoms with van der Waals surface area (Å²) in [5.74, 6) is -1.86. The van der Waals surface area contributed by atoms with Gasteiger partial charge < -0.3 is 10.4 Å². The Morgan fingerprint density at radius 3 is 2.20 bits per heavy atom. The van der Waals surface area contributed by atoms with Crippen molar-refractivity contribution in [3.05, 3.63) is 0 Å². The Morgan fingerprint density at radius 1 is 1.40 bits per heavy atom. The Kier molecular flexibility index (Phi) is 4.80. The van der Waals surface area contributed by atoms with E-state index in [9.17, 15) is 14.4 Å². The van der Waals surface area contributed by atoms with Crippen LogP contribution in [0.3, 0.4) is 0 Å². The Balaban J connectivity index is 4.44. The summed E-state index contributed by atoms with van der Waals surface area (Å²) >= 11 is 4.02. The van der Waals surface area contributed by atoms with Crippen molar-refractivity contribution in [1.82, 2.24) is 5.32 Å². The Bertz CT molecular complexity index is 288. The van der Waals surface area contributed by atoms with Gasteiger partial charge >= 0.3 is 5.97 Å². The van der Waals surface area contributed by atoms with Crippen molar-refractivity contribution in [1.29, 1.82) is 0 Å². The number of amides is 1. The molecule has 0 aliphatic rings. The third-order valence-corrected chi connectivity index (χ3v) is 3.13. The van der Waals surface area contributed by atoms with Crippen molar-refractivity contribution in [2.24, 2.45) is 5.41 Å². The molecule has 0 saturated carbocycles. The highest BCUT2D eigenvalue weighted by atomic mass is 32.1. The first-order valence-electron chi connectivity index (χ1n) is 4.38. The van der Waals surface area contributed by atoms with Gasteiger partial charge in [-0.05, 0) is 6.92 Å². The normalized spacial score (nSPS) is 13.1. The van der Waals surface area contributed by atoms with Crippen molar-refractivity contribution < 1.29 is 19.5 Å². The molecule has 0 heterocycles. The van der Waals surface area contributed by atoms with E-state index in [0.29, 0.717) is 0 Å². The third-order valence-electron chi connectivity index (χ3n) is 2.25. The van der Waals surface area contributed by atoms with Gasteiger partial charge in [0.05, 0.1) is 5.25 Å². The molecule has 1 amide bonds.